The minimum Gasteiger partial charge on any atom is -0.463 e. The molecule has 0 heterocycles. The van der Waals surface area contributed by atoms with Gasteiger partial charge in [-0.2, -0.15) is 0 Å². The minimum absolute atomic E-state index is 0.226. The molecule has 124 valence electrons. The Morgan fingerprint density at radius 2 is 1.87 bits per heavy atom. The first-order chi connectivity index (χ1) is 10.7. The number of carbonyl (C=O) groups is 3. The Labute approximate surface area is 135 Å². The number of carbonyl (C=O) groups excluding carboxylic acids is 3. The lowest BCUT2D eigenvalue weighted by Crippen LogP contribution is -2.40. The summed E-state index contributed by atoms with van der Waals surface area (Å²) in [7, 11) is 0. The molecule has 0 spiro atoms. The molecule has 6 heteroatoms. The first-order valence-corrected chi connectivity index (χ1v) is 7.29. The zero-order chi connectivity index (χ0) is 17.5. The summed E-state index contributed by atoms with van der Waals surface area (Å²) in [5.74, 6) is -1.29. The lowest BCUT2D eigenvalue weighted by atomic mass is 10.1. The summed E-state index contributed by atoms with van der Waals surface area (Å²) >= 11 is 0. The Morgan fingerprint density at radius 3 is 2.48 bits per heavy atom. The number of hydrogen-bond acceptors (Lipinski definition) is 4. The lowest BCUT2D eigenvalue weighted by molar-refractivity contribution is -0.137. The van der Waals surface area contributed by atoms with E-state index in [9.17, 15) is 14.4 Å². The number of ether oxygens (including phenoxy) is 1. The van der Waals surface area contributed by atoms with Crippen molar-refractivity contribution in [3.63, 3.8) is 0 Å². The second-order valence-corrected chi connectivity index (χ2v) is 5.86. The number of benzene rings is 1. The number of amides is 2. The highest BCUT2D eigenvalue weighted by atomic mass is 16.5. The van der Waals surface area contributed by atoms with Gasteiger partial charge in [-0.3, -0.25) is 9.59 Å². The van der Waals surface area contributed by atoms with Crippen molar-refractivity contribution in [3.8, 4) is 0 Å². The molecule has 2 amide bonds. The fourth-order valence-electron chi connectivity index (χ4n) is 1.67. The first-order valence-electron chi connectivity index (χ1n) is 7.29. The van der Waals surface area contributed by atoms with E-state index in [1.807, 2.05) is 20.8 Å². The molecule has 0 radical (unpaired) electrons. The van der Waals surface area contributed by atoms with E-state index in [0.717, 1.165) is 12.2 Å². The van der Waals surface area contributed by atoms with Crippen LogP contribution < -0.4 is 10.6 Å². The van der Waals surface area contributed by atoms with Crippen LogP contribution in [0.15, 0.2) is 36.4 Å². The van der Waals surface area contributed by atoms with Crippen LogP contribution in [0.1, 0.15) is 38.1 Å². The highest BCUT2D eigenvalue weighted by molar-refractivity contribution is 6.03. The van der Waals surface area contributed by atoms with Gasteiger partial charge in [-0.1, -0.05) is 6.07 Å². The van der Waals surface area contributed by atoms with Gasteiger partial charge in [-0.25, -0.2) is 4.79 Å². The second-order valence-electron chi connectivity index (χ2n) is 5.86. The summed E-state index contributed by atoms with van der Waals surface area (Å²) in [5, 5.41) is 5.43. The first kappa shape index (κ1) is 18.4. The third-order valence-corrected chi connectivity index (χ3v) is 2.54. The van der Waals surface area contributed by atoms with Gasteiger partial charge in [0.05, 0.1) is 6.61 Å². The van der Waals surface area contributed by atoms with E-state index < -0.39 is 11.9 Å². The summed E-state index contributed by atoms with van der Waals surface area (Å²) in [6, 6.07) is 6.55. The summed E-state index contributed by atoms with van der Waals surface area (Å²) in [5.41, 5.74) is 0.552. The number of esters is 1. The summed E-state index contributed by atoms with van der Waals surface area (Å²) in [6.07, 6.45) is 2.13. The van der Waals surface area contributed by atoms with E-state index in [2.05, 4.69) is 15.4 Å². The van der Waals surface area contributed by atoms with Crippen LogP contribution in [0.2, 0.25) is 0 Å². The van der Waals surface area contributed by atoms with Crippen LogP contribution in [-0.2, 0) is 14.3 Å². The zero-order valence-electron chi connectivity index (χ0n) is 13.8. The van der Waals surface area contributed by atoms with E-state index in [1.54, 1.807) is 31.2 Å². The summed E-state index contributed by atoms with van der Waals surface area (Å²) in [6.45, 7) is 7.58. The molecule has 0 aromatic heterocycles. The van der Waals surface area contributed by atoms with Gasteiger partial charge in [0, 0.05) is 28.9 Å². The number of nitrogens with one attached hydrogen (secondary N) is 2. The molecule has 23 heavy (non-hydrogen) atoms. The van der Waals surface area contributed by atoms with E-state index >= 15 is 0 Å². The maximum Gasteiger partial charge on any atom is 0.330 e. The van der Waals surface area contributed by atoms with Crippen molar-refractivity contribution in [1.29, 1.82) is 0 Å². The number of anilines is 1. The van der Waals surface area contributed by atoms with E-state index in [4.69, 9.17) is 0 Å². The van der Waals surface area contributed by atoms with Gasteiger partial charge < -0.3 is 15.4 Å². The highest BCUT2D eigenvalue weighted by Crippen LogP contribution is 2.12. The average molecular weight is 318 g/mol. The van der Waals surface area contributed by atoms with Gasteiger partial charge in [0.2, 0.25) is 5.91 Å². The summed E-state index contributed by atoms with van der Waals surface area (Å²) in [4.78, 5) is 34.9. The topological polar surface area (TPSA) is 84.5 Å². The molecule has 0 saturated carbocycles. The number of hydrogen-bond donors (Lipinski definition) is 2. The number of rotatable bonds is 5. The SMILES string of the molecule is CCOC(=O)/C=C/C(=O)Nc1cccc(C(=O)NC(C)(C)C)c1. The van der Waals surface area contributed by atoms with Crippen LogP contribution in [0.3, 0.4) is 0 Å². The summed E-state index contributed by atoms with van der Waals surface area (Å²) < 4.78 is 4.68. The molecule has 0 saturated heterocycles. The van der Waals surface area contributed by atoms with E-state index in [0.29, 0.717) is 11.3 Å². The lowest BCUT2D eigenvalue weighted by Gasteiger charge is -2.20. The fraction of sp³-hybridized carbons (Fsp3) is 0.353. The van der Waals surface area contributed by atoms with Crippen LogP contribution in [0.25, 0.3) is 0 Å². The molecular formula is C17H22N2O4. The van der Waals surface area contributed by atoms with Crippen molar-refractivity contribution in [2.24, 2.45) is 0 Å². The van der Waals surface area contributed by atoms with Crippen molar-refractivity contribution in [1.82, 2.24) is 5.32 Å². The van der Waals surface area contributed by atoms with Gasteiger partial charge in [-0.15, -0.1) is 0 Å². The van der Waals surface area contributed by atoms with Crippen LogP contribution in [0.4, 0.5) is 5.69 Å². The zero-order valence-corrected chi connectivity index (χ0v) is 13.8. The van der Waals surface area contributed by atoms with Gasteiger partial charge in [0.1, 0.15) is 0 Å². The predicted molar refractivity (Wildman–Crippen MR) is 88.1 cm³/mol. The fourth-order valence-corrected chi connectivity index (χ4v) is 1.67. The largest absolute Gasteiger partial charge is 0.463 e. The van der Waals surface area contributed by atoms with Gasteiger partial charge in [-0.05, 0) is 45.9 Å². The van der Waals surface area contributed by atoms with Crippen molar-refractivity contribution in [3.05, 3.63) is 42.0 Å². The van der Waals surface area contributed by atoms with Crippen molar-refractivity contribution >= 4 is 23.5 Å². The minimum atomic E-state index is -0.582. The Bertz CT molecular complexity index is 615. The van der Waals surface area contributed by atoms with Crippen LogP contribution >= 0.6 is 0 Å². The second kappa shape index (κ2) is 8.12. The molecule has 2 N–H and O–H groups in total. The molecule has 0 aliphatic heterocycles. The van der Waals surface area contributed by atoms with E-state index in [-0.39, 0.29) is 18.1 Å². The molecule has 0 bridgehead atoms. The Balaban J connectivity index is 2.72. The van der Waals surface area contributed by atoms with Crippen LogP contribution in [0, 0.1) is 0 Å². The van der Waals surface area contributed by atoms with Crippen molar-refractivity contribution < 1.29 is 19.1 Å². The van der Waals surface area contributed by atoms with E-state index in [1.165, 1.54) is 0 Å². The van der Waals surface area contributed by atoms with Crippen LogP contribution in [0.5, 0.6) is 0 Å². The standard InChI is InChI=1S/C17H22N2O4/c1-5-23-15(21)10-9-14(20)18-13-8-6-7-12(11-13)16(22)19-17(2,3)4/h6-11H,5H2,1-4H3,(H,18,20)(H,19,22)/b10-9+. The molecule has 0 aliphatic carbocycles. The van der Waals surface area contributed by atoms with Gasteiger partial charge in [0.15, 0.2) is 0 Å². The molecule has 0 atom stereocenters. The van der Waals surface area contributed by atoms with Gasteiger partial charge in [0.25, 0.3) is 5.91 Å². The quantitative estimate of drug-likeness (QED) is 0.644. The Kier molecular flexibility index (Phi) is 6.50. The molecule has 0 unspecified atom stereocenters. The molecule has 1 aromatic rings. The Morgan fingerprint density at radius 1 is 1.17 bits per heavy atom. The molecular weight excluding hydrogens is 296 g/mol. The third kappa shape index (κ3) is 7.26. The molecule has 0 fully saturated rings. The van der Waals surface area contributed by atoms with Gasteiger partial charge >= 0.3 is 5.97 Å². The smallest absolute Gasteiger partial charge is 0.330 e. The maximum absolute atomic E-state index is 12.1. The van der Waals surface area contributed by atoms with Crippen molar-refractivity contribution in [2.75, 3.05) is 11.9 Å². The normalized spacial score (nSPS) is 11.1. The molecule has 0 aliphatic rings. The van der Waals surface area contributed by atoms with Crippen LogP contribution in [-0.4, -0.2) is 29.9 Å². The van der Waals surface area contributed by atoms with Crippen molar-refractivity contribution in [2.45, 2.75) is 33.2 Å². The maximum atomic E-state index is 12.1. The molecule has 6 nitrogen and oxygen atoms in total. The monoisotopic (exact) mass is 318 g/mol. The highest BCUT2D eigenvalue weighted by Gasteiger charge is 2.15. The third-order valence-electron chi connectivity index (χ3n) is 2.54. The molecule has 1 rings (SSSR count). The Hall–Kier alpha value is -2.63. The molecule has 1 aromatic carbocycles. The predicted octanol–water partition coefficient (Wildman–Crippen LogP) is 2.27. The average Bonchev–Trinajstić information content (AvgIpc) is 2.44.